The van der Waals surface area contributed by atoms with Crippen molar-refractivity contribution in [3.8, 4) is 11.1 Å². The molecule has 0 N–H and O–H groups in total. The molecule has 0 bridgehead atoms. The summed E-state index contributed by atoms with van der Waals surface area (Å²) in [4.78, 5) is 5.89. The SMILES string of the molecule is CN1CCN(S(=O)(=O)c2ccc(-c3c(Cl)cc(N=CC=S)cc3C(F)(F)F)cc2)CC1. The minimum atomic E-state index is -4.69. The molecule has 1 heterocycles. The van der Waals surface area contributed by atoms with Crippen molar-refractivity contribution in [2.75, 3.05) is 33.2 Å². The summed E-state index contributed by atoms with van der Waals surface area (Å²) < 4.78 is 68.2. The summed E-state index contributed by atoms with van der Waals surface area (Å²) in [6.45, 7) is 1.93. The molecule has 5 nitrogen and oxygen atoms in total. The Balaban J connectivity index is 2.00. The molecule has 31 heavy (non-hydrogen) atoms. The quantitative estimate of drug-likeness (QED) is 0.452. The van der Waals surface area contributed by atoms with Crippen LogP contribution in [0.2, 0.25) is 5.02 Å². The van der Waals surface area contributed by atoms with Crippen molar-refractivity contribution in [2.45, 2.75) is 11.1 Å². The molecule has 0 unspecified atom stereocenters. The van der Waals surface area contributed by atoms with E-state index in [-0.39, 0.29) is 26.7 Å². The number of benzene rings is 2. The standard InChI is InChI=1S/C20H19ClF3N3O2S2/c1-26-7-9-27(10-8-26)31(28,29)16-4-2-14(3-5-16)19-17(20(22,23)24)12-15(13-18(19)21)25-6-11-30/h2-6,11-13H,7-10H2,1H3. The van der Waals surface area contributed by atoms with Crippen LogP contribution in [-0.4, -0.2) is 62.4 Å². The van der Waals surface area contributed by atoms with Gasteiger partial charge in [0.25, 0.3) is 0 Å². The molecule has 11 heteroatoms. The highest BCUT2D eigenvalue weighted by molar-refractivity contribution is 7.89. The van der Waals surface area contributed by atoms with Crippen molar-refractivity contribution in [3.63, 3.8) is 0 Å². The van der Waals surface area contributed by atoms with Gasteiger partial charge in [0.1, 0.15) is 0 Å². The molecule has 2 aromatic carbocycles. The average Bonchev–Trinajstić information content (AvgIpc) is 2.71. The first-order valence-corrected chi connectivity index (χ1v) is 11.5. The number of alkyl halides is 3. The van der Waals surface area contributed by atoms with E-state index in [0.717, 1.165) is 6.07 Å². The number of hydrogen-bond donors (Lipinski definition) is 0. The van der Waals surface area contributed by atoms with E-state index in [1.54, 1.807) is 0 Å². The van der Waals surface area contributed by atoms with Crippen LogP contribution in [-0.2, 0) is 16.2 Å². The fraction of sp³-hybridized carbons (Fsp3) is 0.300. The van der Waals surface area contributed by atoms with Gasteiger partial charge >= 0.3 is 6.18 Å². The Morgan fingerprint density at radius 1 is 1.10 bits per heavy atom. The van der Waals surface area contributed by atoms with Crippen molar-refractivity contribution >= 4 is 51.1 Å². The van der Waals surface area contributed by atoms with Crippen molar-refractivity contribution in [2.24, 2.45) is 4.99 Å². The highest BCUT2D eigenvalue weighted by Gasteiger charge is 2.35. The second-order valence-corrected chi connectivity index (χ2v) is 9.61. The van der Waals surface area contributed by atoms with E-state index in [4.69, 9.17) is 11.6 Å². The number of piperazine rings is 1. The number of nitrogens with zero attached hydrogens (tertiary/aromatic N) is 3. The van der Waals surface area contributed by atoms with Gasteiger partial charge in [-0.2, -0.15) is 17.5 Å². The zero-order chi connectivity index (χ0) is 22.8. The van der Waals surface area contributed by atoms with Gasteiger partial charge in [0.15, 0.2) is 0 Å². The Hall–Kier alpha value is -1.85. The highest BCUT2D eigenvalue weighted by atomic mass is 35.5. The maximum absolute atomic E-state index is 13.7. The molecule has 0 amide bonds. The number of sulfonamides is 1. The van der Waals surface area contributed by atoms with Gasteiger partial charge in [0, 0.05) is 43.3 Å². The van der Waals surface area contributed by atoms with Crippen molar-refractivity contribution < 1.29 is 21.6 Å². The Bertz CT molecular complexity index is 1100. The molecule has 0 radical (unpaired) electrons. The summed E-state index contributed by atoms with van der Waals surface area (Å²) in [5.41, 5.74) is -1.04. The van der Waals surface area contributed by atoms with Crippen molar-refractivity contribution in [1.82, 2.24) is 9.21 Å². The van der Waals surface area contributed by atoms with E-state index >= 15 is 0 Å². The summed E-state index contributed by atoms with van der Waals surface area (Å²) in [5, 5.41) is 1.02. The van der Waals surface area contributed by atoms with E-state index in [1.165, 1.54) is 46.2 Å². The van der Waals surface area contributed by atoms with E-state index in [1.807, 2.05) is 11.9 Å². The van der Waals surface area contributed by atoms with E-state index in [0.29, 0.717) is 26.2 Å². The predicted molar refractivity (Wildman–Crippen MR) is 120 cm³/mol. The number of thiocarbonyl (C=S) groups is 1. The van der Waals surface area contributed by atoms with Crippen LogP contribution in [0, 0.1) is 0 Å². The van der Waals surface area contributed by atoms with Crippen LogP contribution < -0.4 is 0 Å². The molecule has 2 aromatic rings. The smallest absolute Gasteiger partial charge is 0.304 e. The summed E-state index contributed by atoms with van der Waals surface area (Å²) in [5.74, 6) is 0. The van der Waals surface area contributed by atoms with Gasteiger partial charge < -0.3 is 4.90 Å². The molecule has 0 spiro atoms. The summed E-state index contributed by atoms with van der Waals surface area (Å²) >= 11 is 10.8. The Labute approximate surface area is 189 Å². The normalized spacial score (nSPS) is 16.7. The molecule has 166 valence electrons. The van der Waals surface area contributed by atoms with Crippen molar-refractivity contribution in [1.29, 1.82) is 0 Å². The Morgan fingerprint density at radius 2 is 1.71 bits per heavy atom. The molecule has 0 aliphatic carbocycles. The third-order valence-electron chi connectivity index (χ3n) is 4.91. The third-order valence-corrected chi connectivity index (χ3v) is 7.24. The fourth-order valence-corrected chi connectivity index (χ4v) is 5.08. The van der Waals surface area contributed by atoms with E-state index in [9.17, 15) is 21.6 Å². The largest absolute Gasteiger partial charge is 0.417 e. The van der Waals surface area contributed by atoms with Crippen LogP contribution in [0.5, 0.6) is 0 Å². The van der Waals surface area contributed by atoms with Crippen LogP contribution in [0.3, 0.4) is 0 Å². The molecule has 1 fully saturated rings. The lowest BCUT2D eigenvalue weighted by Gasteiger charge is -2.31. The van der Waals surface area contributed by atoms with Gasteiger partial charge in [-0.15, -0.1) is 0 Å². The zero-order valence-corrected chi connectivity index (χ0v) is 18.8. The fourth-order valence-electron chi connectivity index (χ4n) is 3.27. The van der Waals surface area contributed by atoms with Crippen LogP contribution in [0.15, 0.2) is 46.3 Å². The minimum Gasteiger partial charge on any atom is -0.304 e. The molecule has 0 saturated carbocycles. The van der Waals surface area contributed by atoms with E-state index < -0.39 is 21.8 Å². The van der Waals surface area contributed by atoms with E-state index in [2.05, 4.69) is 17.2 Å². The number of hydrogen-bond acceptors (Lipinski definition) is 5. The first-order valence-electron chi connectivity index (χ1n) is 9.21. The number of likely N-dealkylation sites (N-methyl/N-ethyl adjacent to an activating group) is 1. The van der Waals surface area contributed by atoms with Gasteiger partial charge in [-0.1, -0.05) is 36.0 Å². The molecule has 3 rings (SSSR count). The maximum Gasteiger partial charge on any atom is 0.417 e. The molecular weight excluding hydrogens is 471 g/mol. The highest BCUT2D eigenvalue weighted by Crippen LogP contribution is 2.43. The van der Waals surface area contributed by atoms with Crippen LogP contribution in [0.1, 0.15) is 5.56 Å². The molecular formula is C20H19ClF3N3O2S2. The maximum atomic E-state index is 13.7. The van der Waals surface area contributed by atoms with Crippen LogP contribution in [0.25, 0.3) is 11.1 Å². The topological polar surface area (TPSA) is 53.0 Å². The Kier molecular flexibility index (Phi) is 7.17. The summed E-state index contributed by atoms with van der Waals surface area (Å²) in [6.07, 6.45) is -3.49. The summed E-state index contributed by atoms with van der Waals surface area (Å²) in [6, 6.07) is 7.45. The van der Waals surface area contributed by atoms with Gasteiger partial charge in [-0.25, -0.2) is 8.42 Å². The van der Waals surface area contributed by atoms with Crippen molar-refractivity contribution in [3.05, 3.63) is 47.0 Å². The molecule has 1 aliphatic rings. The van der Waals surface area contributed by atoms with Gasteiger partial charge in [0.05, 0.1) is 21.2 Å². The second kappa shape index (κ2) is 9.33. The third kappa shape index (κ3) is 5.32. The average molecular weight is 490 g/mol. The molecule has 0 atom stereocenters. The van der Waals surface area contributed by atoms with Gasteiger partial charge in [-0.05, 0) is 36.9 Å². The van der Waals surface area contributed by atoms with Crippen LogP contribution in [0.4, 0.5) is 18.9 Å². The minimum absolute atomic E-state index is 0.0106. The number of rotatable bonds is 5. The van der Waals surface area contributed by atoms with Crippen LogP contribution >= 0.6 is 23.8 Å². The lowest BCUT2D eigenvalue weighted by molar-refractivity contribution is -0.137. The summed E-state index contributed by atoms with van der Waals surface area (Å²) in [7, 11) is -1.82. The monoisotopic (exact) mass is 489 g/mol. The lowest BCUT2D eigenvalue weighted by atomic mass is 9.98. The number of halogens is 4. The van der Waals surface area contributed by atoms with Gasteiger partial charge in [0.2, 0.25) is 10.0 Å². The number of aliphatic imine (C=N–C) groups is 1. The molecule has 1 aliphatic heterocycles. The lowest BCUT2D eigenvalue weighted by Crippen LogP contribution is -2.46. The predicted octanol–water partition coefficient (Wildman–Crippen LogP) is 4.66. The first-order chi connectivity index (χ1) is 14.5. The molecule has 0 aromatic heterocycles. The molecule has 1 saturated heterocycles. The van der Waals surface area contributed by atoms with Gasteiger partial charge in [-0.3, -0.25) is 4.99 Å². The second-order valence-electron chi connectivity index (χ2n) is 6.99. The Morgan fingerprint density at radius 3 is 2.26 bits per heavy atom. The first kappa shape index (κ1) is 23.8. The zero-order valence-electron chi connectivity index (χ0n) is 16.4.